The largest absolute Gasteiger partial charge is 0.347 e. The van der Waals surface area contributed by atoms with Gasteiger partial charge in [-0.2, -0.15) is 0 Å². The van der Waals surface area contributed by atoms with Crippen molar-refractivity contribution >= 4 is 29.3 Å². The summed E-state index contributed by atoms with van der Waals surface area (Å²) in [5.74, 6) is -0.0480. The predicted molar refractivity (Wildman–Crippen MR) is 99.5 cm³/mol. The number of para-hydroxylation sites is 1. The topological polar surface area (TPSA) is 58.2 Å². The van der Waals surface area contributed by atoms with Gasteiger partial charge in [0, 0.05) is 10.4 Å². The van der Waals surface area contributed by atoms with Crippen LogP contribution in [0.3, 0.4) is 0 Å². The molecule has 0 atom stereocenters. The van der Waals surface area contributed by atoms with Crippen LogP contribution in [0.5, 0.6) is 0 Å². The third-order valence-electron chi connectivity index (χ3n) is 3.05. The fourth-order valence-corrected chi connectivity index (χ4v) is 2.77. The average Bonchev–Trinajstić information content (AvgIpc) is 2.53. The summed E-state index contributed by atoms with van der Waals surface area (Å²) < 4.78 is 0. The minimum Gasteiger partial charge on any atom is -0.347 e. The molecule has 126 valence electrons. The van der Waals surface area contributed by atoms with Crippen LogP contribution in [0.25, 0.3) is 0 Å². The predicted octanol–water partition coefficient (Wildman–Crippen LogP) is 3.95. The fourth-order valence-electron chi connectivity index (χ4n) is 2.05. The number of benzene rings is 2. The molecule has 0 radical (unpaired) electrons. The Morgan fingerprint density at radius 2 is 1.58 bits per heavy atom. The maximum Gasteiger partial charge on any atom is 0.253 e. The van der Waals surface area contributed by atoms with Crippen LogP contribution in [0.4, 0.5) is 5.69 Å². The SMILES string of the molecule is CC(C)(C)NC(=O)c1ccccc1NC(=O)CSc1ccccc1. The van der Waals surface area contributed by atoms with Crippen molar-refractivity contribution in [3.05, 3.63) is 60.2 Å². The van der Waals surface area contributed by atoms with Gasteiger partial charge in [-0.05, 0) is 45.0 Å². The lowest BCUT2D eigenvalue weighted by molar-refractivity contribution is -0.113. The molecule has 2 rings (SSSR count). The molecule has 4 nitrogen and oxygen atoms in total. The Balaban J connectivity index is 2.01. The van der Waals surface area contributed by atoms with E-state index in [-0.39, 0.29) is 17.4 Å². The van der Waals surface area contributed by atoms with Crippen LogP contribution in [0.15, 0.2) is 59.5 Å². The molecule has 0 aliphatic carbocycles. The number of thioether (sulfide) groups is 1. The number of anilines is 1. The standard InChI is InChI=1S/C19H22N2O2S/c1-19(2,3)21-18(23)15-11-7-8-12-16(15)20-17(22)13-24-14-9-5-4-6-10-14/h4-12H,13H2,1-3H3,(H,20,22)(H,21,23). The van der Waals surface area contributed by atoms with Crippen LogP contribution in [0.2, 0.25) is 0 Å². The molecule has 0 aliphatic heterocycles. The van der Waals surface area contributed by atoms with E-state index >= 15 is 0 Å². The lowest BCUT2D eigenvalue weighted by atomic mass is 10.1. The van der Waals surface area contributed by atoms with Gasteiger partial charge in [0.25, 0.3) is 5.91 Å². The summed E-state index contributed by atoms with van der Waals surface area (Å²) in [6.07, 6.45) is 0. The first-order valence-corrected chi connectivity index (χ1v) is 8.73. The minimum atomic E-state index is -0.336. The zero-order chi connectivity index (χ0) is 17.6. The molecule has 2 N–H and O–H groups in total. The van der Waals surface area contributed by atoms with Gasteiger partial charge >= 0.3 is 0 Å². The molecule has 0 fully saturated rings. The highest BCUT2D eigenvalue weighted by atomic mass is 32.2. The van der Waals surface area contributed by atoms with Crippen molar-refractivity contribution < 1.29 is 9.59 Å². The number of rotatable bonds is 5. The van der Waals surface area contributed by atoms with Gasteiger partial charge in [0.1, 0.15) is 0 Å². The van der Waals surface area contributed by atoms with Crippen molar-refractivity contribution in [1.82, 2.24) is 5.32 Å². The highest BCUT2D eigenvalue weighted by molar-refractivity contribution is 8.00. The molecule has 0 saturated heterocycles. The first kappa shape index (κ1) is 18.1. The van der Waals surface area contributed by atoms with E-state index in [2.05, 4.69) is 10.6 Å². The van der Waals surface area contributed by atoms with Crippen molar-refractivity contribution in [3.63, 3.8) is 0 Å². The van der Waals surface area contributed by atoms with E-state index in [0.29, 0.717) is 17.0 Å². The molecule has 0 aromatic heterocycles. The Morgan fingerprint density at radius 1 is 0.958 bits per heavy atom. The van der Waals surface area contributed by atoms with Gasteiger partial charge in [0.2, 0.25) is 5.91 Å². The van der Waals surface area contributed by atoms with Gasteiger partial charge < -0.3 is 10.6 Å². The third-order valence-corrected chi connectivity index (χ3v) is 4.06. The van der Waals surface area contributed by atoms with E-state index < -0.39 is 0 Å². The Kier molecular flexibility index (Phi) is 6.04. The summed E-state index contributed by atoms with van der Waals surface area (Å²) in [5, 5.41) is 5.74. The van der Waals surface area contributed by atoms with Crippen molar-refractivity contribution in [2.24, 2.45) is 0 Å². The fraction of sp³-hybridized carbons (Fsp3) is 0.263. The number of carbonyl (C=O) groups is 2. The molecule has 5 heteroatoms. The van der Waals surface area contributed by atoms with Crippen molar-refractivity contribution in [1.29, 1.82) is 0 Å². The quantitative estimate of drug-likeness (QED) is 0.809. The Hall–Kier alpha value is -2.27. The second-order valence-corrected chi connectivity index (χ2v) is 7.45. The van der Waals surface area contributed by atoms with E-state index in [1.54, 1.807) is 24.3 Å². The zero-order valence-corrected chi connectivity index (χ0v) is 14.9. The van der Waals surface area contributed by atoms with E-state index in [0.717, 1.165) is 4.90 Å². The van der Waals surface area contributed by atoms with Crippen LogP contribution in [-0.2, 0) is 4.79 Å². The molecule has 24 heavy (non-hydrogen) atoms. The second-order valence-electron chi connectivity index (χ2n) is 6.40. The lowest BCUT2D eigenvalue weighted by Crippen LogP contribution is -2.40. The smallest absolute Gasteiger partial charge is 0.253 e. The van der Waals surface area contributed by atoms with Gasteiger partial charge in [-0.3, -0.25) is 9.59 Å². The third kappa shape index (κ3) is 5.74. The molecule has 2 aromatic rings. The van der Waals surface area contributed by atoms with Crippen LogP contribution in [-0.4, -0.2) is 23.1 Å². The Labute approximate surface area is 147 Å². The Morgan fingerprint density at radius 3 is 2.25 bits per heavy atom. The summed E-state index contributed by atoms with van der Waals surface area (Å²) in [6.45, 7) is 5.76. The Bertz CT molecular complexity index is 709. The molecule has 0 heterocycles. The molecule has 0 bridgehead atoms. The van der Waals surface area contributed by atoms with E-state index in [4.69, 9.17) is 0 Å². The molecule has 0 saturated carbocycles. The molecular formula is C19H22N2O2S. The summed E-state index contributed by atoms with van der Waals surface area (Å²) in [7, 11) is 0. The van der Waals surface area contributed by atoms with Crippen molar-refractivity contribution in [3.8, 4) is 0 Å². The van der Waals surface area contributed by atoms with Gasteiger partial charge in [0.05, 0.1) is 17.0 Å². The highest BCUT2D eigenvalue weighted by Gasteiger charge is 2.18. The van der Waals surface area contributed by atoms with Crippen LogP contribution < -0.4 is 10.6 Å². The molecule has 0 aliphatic rings. The van der Waals surface area contributed by atoms with Gasteiger partial charge in [-0.1, -0.05) is 30.3 Å². The normalized spacial score (nSPS) is 11.0. The van der Waals surface area contributed by atoms with Crippen LogP contribution >= 0.6 is 11.8 Å². The van der Waals surface area contributed by atoms with Crippen LogP contribution in [0.1, 0.15) is 31.1 Å². The first-order chi connectivity index (χ1) is 11.3. The maximum atomic E-state index is 12.4. The van der Waals surface area contributed by atoms with Gasteiger partial charge in [-0.15, -0.1) is 11.8 Å². The van der Waals surface area contributed by atoms with Gasteiger partial charge in [-0.25, -0.2) is 0 Å². The van der Waals surface area contributed by atoms with Crippen LogP contribution in [0, 0.1) is 0 Å². The van der Waals surface area contributed by atoms with E-state index in [1.165, 1.54) is 11.8 Å². The lowest BCUT2D eigenvalue weighted by Gasteiger charge is -2.21. The molecular weight excluding hydrogens is 320 g/mol. The molecule has 2 amide bonds. The number of hydrogen-bond acceptors (Lipinski definition) is 3. The monoisotopic (exact) mass is 342 g/mol. The number of nitrogens with one attached hydrogen (secondary N) is 2. The maximum absolute atomic E-state index is 12.4. The molecule has 0 unspecified atom stereocenters. The summed E-state index contributed by atoms with van der Waals surface area (Å²) in [6, 6.07) is 16.8. The second kappa shape index (κ2) is 8.02. The summed E-state index contributed by atoms with van der Waals surface area (Å²) in [5.41, 5.74) is 0.653. The summed E-state index contributed by atoms with van der Waals surface area (Å²) >= 11 is 1.46. The minimum absolute atomic E-state index is 0.139. The van der Waals surface area contributed by atoms with E-state index in [1.807, 2.05) is 51.1 Å². The number of carbonyl (C=O) groups excluding carboxylic acids is 2. The van der Waals surface area contributed by atoms with Crippen molar-refractivity contribution in [2.45, 2.75) is 31.2 Å². The van der Waals surface area contributed by atoms with Crippen molar-refractivity contribution in [2.75, 3.05) is 11.1 Å². The number of amides is 2. The average molecular weight is 342 g/mol. The molecule has 0 spiro atoms. The van der Waals surface area contributed by atoms with E-state index in [9.17, 15) is 9.59 Å². The number of hydrogen-bond donors (Lipinski definition) is 2. The first-order valence-electron chi connectivity index (χ1n) is 7.74. The summed E-state index contributed by atoms with van der Waals surface area (Å²) in [4.78, 5) is 25.6. The highest BCUT2D eigenvalue weighted by Crippen LogP contribution is 2.19. The zero-order valence-electron chi connectivity index (χ0n) is 14.1. The van der Waals surface area contributed by atoms with Gasteiger partial charge in [0.15, 0.2) is 0 Å². The molecule has 2 aromatic carbocycles.